The number of amides is 1. The van der Waals surface area contributed by atoms with Gasteiger partial charge in [0.05, 0.1) is 6.04 Å². The first kappa shape index (κ1) is 11.6. The molecule has 0 bridgehead atoms. The second-order valence-corrected chi connectivity index (χ2v) is 4.93. The van der Waals surface area contributed by atoms with Gasteiger partial charge < -0.3 is 10.2 Å². The third-order valence-corrected chi connectivity index (χ3v) is 3.46. The smallest absolute Gasteiger partial charge is 0.240 e. The van der Waals surface area contributed by atoms with E-state index >= 15 is 0 Å². The van der Waals surface area contributed by atoms with E-state index in [-0.39, 0.29) is 11.9 Å². The van der Waals surface area contributed by atoms with Crippen LogP contribution in [0.15, 0.2) is 28.7 Å². The van der Waals surface area contributed by atoms with Crippen LogP contribution in [0.4, 0.5) is 0 Å². The van der Waals surface area contributed by atoms with Crippen LogP contribution in [0.25, 0.3) is 0 Å². The van der Waals surface area contributed by atoms with Gasteiger partial charge in [0.15, 0.2) is 0 Å². The lowest BCUT2D eigenvalue weighted by molar-refractivity contribution is -0.129. The van der Waals surface area contributed by atoms with Gasteiger partial charge >= 0.3 is 0 Å². The lowest BCUT2D eigenvalue weighted by Gasteiger charge is -2.16. The van der Waals surface area contributed by atoms with Crippen molar-refractivity contribution in [1.29, 1.82) is 0 Å². The second kappa shape index (κ2) is 4.97. The highest BCUT2D eigenvalue weighted by Gasteiger charge is 2.29. The summed E-state index contributed by atoms with van der Waals surface area (Å²) in [6.45, 7) is 1.56. The van der Waals surface area contributed by atoms with Gasteiger partial charge in [0.2, 0.25) is 5.91 Å². The number of benzene rings is 1. The Hall–Kier alpha value is -0.870. The van der Waals surface area contributed by atoms with Crippen LogP contribution in [0.1, 0.15) is 12.0 Å². The predicted octanol–water partition coefficient (Wildman–Crippen LogP) is 1.77. The SMILES string of the molecule is CNC1CCN(Cc2ccc(Br)cc2)C1=O. The fraction of sp³-hybridized carbons (Fsp3) is 0.417. The van der Waals surface area contributed by atoms with Crippen LogP contribution >= 0.6 is 15.9 Å². The summed E-state index contributed by atoms with van der Waals surface area (Å²) in [5.41, 5.74) is 1.17. The lowest BCUT2D eigenvalue weighted by Crippen LogP contribution is -2.35. The Morgan fingerprint density at radius 3 is 2.69 bits per heavy atom. The average molecular weight is 283 g/mol. The van der Waals surface area contributed by atoms with Crippen LogP contribution < -0.4 is 5.32 Å². The normalized spacial score (nSPS) is 20.5. The number of hydrogen-bond acceptors (Lipinski definition) is 2. The van der Waals surface area contributed by atoms with Crippen molar-refractivity contribution in [2.75, 3.05) is 13.6 Å². The summed E-state index contributed by atoms with van der Waals surface area (Å²) in [7, 11) is 1.84. The minimum absolute atomic E-state index is 0.00967. The van der Waals surface area contributed by atoms with Gasteiger partial charge in [0, 0.05) is 17.6 Å². The van der Waals surface area contributed by atoms with E-state index in [1.54, 1.807) is 0 Å². The van der Waals surface area contributed by atoms with E-state index in [2.05, 4.69) is 21.2 Å². The van der Waals surface area contributed by atoms with E-state index in [0.717, 1.165) is 17.4 Å². The summed E-state index contributed by atoms with van der Waals surface area (Å²) in [5, 5.41) is 3.04. The average Bonchev–Trinajstić information content (AvgIpc) is 2.63. The molecule has 1 aliphatic rings. The number of halogens is 1. The molecule has 1 aliphatic heterocycles. The fourth-order valence-corrected chi connectivity index (χ4v) is 2.24. The largest absolute Gasteiger partial charge is 0.337 e. The maximum Gasteiger partial charge on any atom is 0.240 e. The molecule has 0 radical (unpaired) electrons. The van der Waals surface area contributed by atoms with Crippen LogP contribution in [0.2, 0.25) is 0 Å². The number of nitrogens with one attached hydrogen (secondary N) is 1. The van der Waals surface area contributed by atoms with E-state index in [1.165, 1.54) is 5.56 Å². The summed E-state index contributed by atoms with van der Waals surface area (Å²) < 4.78 is 1.07. The molecule has 1 saturated heterocycles. The molecule has 1 aromatic carbocycles. The number of hydrogen-bond donors (Lipinski definition) is 1. The van der Waals surface area contributed by atoms with Crippen molar-refractivity contribution in [2.24, 2.45) is 0 Å². The van der Waals surface area contributed by atoms with E-state index in [4.69, 9.17) is 0 Å². The van der Waals surface area contributed by atoms with Gasteiger partial charge in [-0.3, -0.25) is 4.79 Å². The van der Waals surface area contributed by atoms with Crippen molar-refractivity contribution in [3.8, 4) is 0 Å². The molecule has 0 aromatic heterocycles. The predicted molar refractivity (Wildman–Crippen MR) is 67.0 cm³/mol. The fourth-order valence-electron chi connectivity index (χ4n) is 1.97. The van der Waals surface area contributed by atoms with Crippen molar-refractivity contribution in [1.82, 2.24) is 10.2 Å². The van der Waals surface area contributed by atoms with Crippen LogP contribution in [0.3, 0.4) is 0 Å². The molecule has 2 rings (SSSR count). The first-order chi connectivity index (χ1) is 7.70. The summed E-state index contributed by atoms with van der Waals surface area (Å²) in [6.07, 6.45) is 0.909. The monoisotopic (exact) mass is 282 g/mol. The van der Waals surface area contributed by atoms with Crippen LogP contribution in [-0.4, -0.2) is 30.4 Å². The summed E-state index contributed by atoms with van der Waals surface area (Å²) in [4.78, 5) is 13.8. The van der Waals surface area contributed by atoms with Gasteiger partial charge in [-0.1, -0.05) is 28.1 Å². The molecule has 1 N–H and O–H groups in total. The zero-order chi connectivity index (χ0) is 11.5. The Balaban J connectivity index is 2.01. The zero-order valence-electron chi connectivity index (χ0n) is 9.24. The molecule has 1 heterocycles. The summed E-state index contributed by atoms with van der Waals surface area (Å²) in [6, 6.07) is 8.11. The van der Waals surface area contributed by atoms with Crippen molar-refractivity contribution in [2.45, 2.75) is 19.0 Å². The quantitative estimate of drug-likeness (QED) is 0.917. The highest BCUT2D eigenvalue weighted by molar-refractivity contribution is 9.10. The number of likely N-dealkylation sites (tertiary alicyclic amines) is 1. The molecule has 0 spiro atoms. The molecule has 1 amide bonds. The van der Waals surface area contributed by atoms with E-state index in [1.807, 2.05) is 36.2 Å². The van der Waals surface area contributed by atoms with Gasteiger partial charge in [-0.25, -0.2) is 0 Å². The van der Waals surface area contributed by atoms with Crippen molar-refractivity contribution in [3.05, 3.63) is 34.3 Å². The first-order valence-corrected chi connectivity index (χ1v) is 6.20. The zero-order valence-corrected chi connectivity index (χ0v) is 10.8. The molecule has 16 heavy (non-hydrogen) atoms. The Labute approximate surface area is 104 Å². The van der Waals surface area contributed by atoms with Crippen molar-refractivity contribution in [3.63, 3.8) is 0 Å². The van der Waals surface area contributed by atoms with Gasteiger partial charge in [0.25, 0.3) is 0 Å². The number of carbonyl (C=O) groups is 1. The molecule has 1 fully saturated rings. The number of likely N-dealkylation sites (N-methyl/N-ethyl adjacent to an activating group) is 1. The molecule has 3 nitrogen and oxygen atoms in total. The van der Waals surface area contributed by atoms with Gasteiger partial charge in [-0.15, -0.1) is 0 Å². The third kappa shape index (κ3) is 2.44. The lowest BCUT2D eigenvalue weighted by atomic mass is 10.2. The first-order valence-electron chi connectivity index (χ1n) is 5.41. The Morgan fingerprint density at radius 1 is 1.44 bits per heavy atom. The third-order valence-electron chi connectivity index (χ3n) is 2.93. The van der Waals surface area contributed by atoms with Crippen LogP contribution in [-0.2, 0) is 11.3 Å². The maximum absolute atomic E-state index is 11.9. The molecular formula is C12H15BrN2O. The molecule has 0 aliphatic carbocycles. The number of carbonyl (C=O) groups excluding carboxylic acids is 1. The van der Waals surface area contributed by atoms with Crippen molar-refractivity contribution >= 4 is 21.8 Å². The molecule has 1 atom stereocenters. The molecule has 4 heteroatoms. The van der Waals surface area contributed by atoms with E-state index in [9.17, 15) is 4.79 Å². The minimum Gasteiger partial charge on any atom is -0.337 e. The van der Waals surface area contributed by atoms with E-state index in [0.29, 0.717) is 6.54 Å². The minimum atomic E-state index is 0.00967. The molecule has 1 unspecified atom stereocenters. The van der Waals surface area contributed by atoms with Crippen LogP contribution in [0, 0.1) is 0 Å². The highest BCUT2D eigenvalue weighted by atomic mass is 79.9. The van der Waals surface area contributed by atoms with Gasteiger partial charge in [-0.05, 0) is 31.2 Å². The van der Waals surface area contributed by atoms with Gasteiger partial charge in [-0.2, -0.15) is 0 Å². The summed E-state index contributed by atoms with van der Waals surface area (Å²) in [5.74, 6) is 0.213. The molecule has 0 saturated carbocycles. The number of nitrogens with zero attached hydrogens (tertiary/aromatic N) is 1. The summed E-state index contributed by atoms with van der Waals surface area (Å²) >= 11 is 3.40. The standard InChI is InChI=1S/C12H15BrN2O/c1-14-11-6-7-15(12(11)16)8-9-2-4-10(13)5-3-9/h2-5,11,14H,6-8H2,1H3. The molecule has 1 aromatic rings. The Bertz CT molecular complexity index is 377. The molecular weight excluding hydrogens is 268 g/mol. The topological polar surface area (TPSA) is 32.3 Å². The maximum atomic E-state index is 11.9. The number of rotatable bonds is 3. The van der Waals surface area contributed by atoms with Crippen LogP contribution in [0.5, 0.6) is 0 Å². The second-order valence-electron chi connectivity index (χ2n) is 4.02. The van der Waals surface area contributed by atoms with E-state index < -0.39 is 0 Å². The van der Waals surface area contributed by atoms with Gasteiger partial charge in [0.1, 0.15) is 0 Å². The molecule has 86 valence electrons. The van der Waals surface area contributed by atoms with Crippen molar-refractivity contribution < 1.29 is 4.79 Å². The Morgan fingerprint density at radius 2 is 2.12 bits per heavy atom. The highest BCUT2D eigenvalue weighted by Crippen LogP contribution is 2.16. The Kier molecular flexibility index (Phi) is 3.61.